The van der Waals surface area contributed by atoms with Crippen molar-refractivity contribution in [3.8, 4) is 11.6 Å². The van der Waals surface area contributed by atoms with E-state index in [1.54, 1.807) is 0 Å². The Kier molecular flexibility index (Phi) is 6.89. The molecule has 0 unspecified atom stereocenters. The maximum atomic E-state index is 13.7. The number of aromatic nitrogens is 1. The van der Waals surface area contributed by atoms with Crippen LogP contribution in [0.1, 0.15) is 15.9 Å². The molecule has 5 nitrogen and oxygen atoms in total. The summed E-state index contributed by atoms with van der Waals surface area (Å²) in [6.45, 7) is -1.94. The van der Waals surface area contributed by atoms with Gasteiger partial charge in [-0.05, 0) is 12.1 Å². The minimum atomic E-state index is -4.38. The quantitative estimate of drug-likeness (QED) is 0.579. The summed E-state index contributed by atoms with van der Waals surface area (Å²) in [6, 6.07) is 2.80. The minimum absolute atomic E-state index is 0.00146. The van der Waals surface area contributed by atoms with Gasteiger partial charge in [-0.15, -0.1) is 0 Å². The van der Waals surface area contributed by atoms with Crippen molar-refractivity contribution in [2.75, 3.05) is 6.61 Å². The van der Waals surface area contributed by atoms with Gasteiger partial charge < -0.3 is 19.4 Å². The Morgan fingerprint density at radius 3 is 2.43 bits per heavy atom. The largest absolute Gasteiger partial charge is 0.545 e. The summed E-state index contributed by atoms with van der Waals surface area (Å²) in [5.41, 5.74) is -0.627. The van der Waals surface area contributed by atoms with Crippen molar-refractivity contribution in [2.45, 2.75) is 19.0 Å². The van der Waals surface area contributed by atoms with Crippen molar-refractivity contribution in [3.63, 3.8) is 0 Å². The van der Waals surface area contributed by atoms with Gasteiger partial charge in [-0.25, -0.2) is 18.2 Å². The lowest BCUT2D eigenvalue weighted by Gasteiger charge is -2.16. The molecule has 0 atom stereocenters. The number of carboxylic acid groups (broad SMARTS) is 1. The smallest absolute Gasteiger partial charge is 0.340 e. The number of carbonyl (C=O) groups is 1. The SMILES string of the molecule is O=C([O-])c1cc(Cl)c(COc2cnc(OCC(F)(F)C(F)F)c(Cl)c2)cc1F. The minimum Gasteiger partial charge on any atom is -0.545 e. The molecule has 1 aromatic carbocycles. The average molecular weight is 445 g/mol. The highest BCUT2D eigenvalue weighted by molar-refractivity contribution is 6.32. The molecule has 0 saturated carbocycles. The second kappa shape index (κ2) is 8.78. The molecular formula is C16H9Cl2F5NO4-. The van der Waals surface area contributed by atoms with Crippen molar-refractivity contribution >= 4 is 29.2 Å². The summed E-state index contributed by atoms with van der Waals surface area (Å²) in [5, 5.41) is 10.3. The first-order valence-corrected chi connectivity index (χ1v) is 8.03. The molecule has 0 aliphatic heterocycles. The number of alkyl halides is 4. The molecule has 0 aliphatic rings. The van der Waals surface area contributed by atoms with E-state index in [9.17, 15) is 31.9 Å². The third-order valence-electron chi connectivity index (χ3n) is 3.25. The van der Waals surface area contributed by atoms with Gasteiger partial charge in [0.05, 0.1) is 12.2 Å². The average Bonchev–Trinajstić information content (AvgIpc) is 2.60. The van der Waals surface area contributed by atoms with Gasteiger partial charge in [0.25, 0.3) is 0 Å². The summed E-state index contributed by atoms with van der Waals surface area (Å²) in [6.07, 6.45) is -2.91. The first kappa shape index (κ1) is 22.0. The van der Waals surface area contributed by atoms with Crippen LogP contribution in [-0.2, 0) is 6.61 Å². The Bertz CT molecular complexity index is 882. The Hall–Kier alpha value is -2.33. The number of rotatable bonds is 8. The zero-order valence-corrected chi connectivity index (χ0v) is 15.0. The van der Waals surface area contributed by atoms with E-state index >= 15 is 0 Å². The molecule has 28 heavy (non-hydrogen) atoms. The van der Waals surface area contributed by atoms with Crippen molar-refractivity contribution in [2.24, 2.45) is 0 Å². The second-order valence-electron chi connectivity index (χ2n) is 5.31. The topological polar surface area (TPSA) is 71.5 Å². The van der Waals surface area contributed by atoms with Crippen molar-refractivity contribution in [1.29, 1.82) is 0 Å². The maximum absolute atomic E-state index is 13.7. The fourth-order valence-electron chi connectivity index (χ4n) is 1.84. The fourth-order valence-corrected chi connectivity index (χ4v) is 2.27. The molecule has 12 heteroatoms. The van der Waals surface area contributed by atoms with Gasteiger partial charge in [0, 0.05) is 22.2 Å². The number of hydrogen-bond acceptors (Lipinski definition) is 5. The van der Waals surface area contributed by atoms with Crippen LogP contribution in [0.25, 0.3) is 0 Å². The number of carboxylic acids is 1. The van der Waals surface area contributed by atoms with Gasteiger partial charge in [0.2, 0.25) is 5.88 Å². The van der Waals surface area contributed by atoms with E-state index in [2.05, 4.69) is 9.72 Å². The molecule has 152 valence electrons. The Labute approximate surface area is 164 Å². The number of hydrogen-bond donors (Lipinski definition) is 0. The van der Waals surface area contributed by atoms with Crippen LogP contribution in [0.5, 0.6) is 11.6 Å². The van der Waals surface area contributed by atoms with Crippen molar-refractivity contribution < 1.29 is 41.3 Å². The van der Waals surface area contributed by atoms with E-state index in [0.29, 0.717) is 0 Å². The monoisotopic (exact) mass is 444 g/mol. The van der Waals surface area contributed by atoms with E-state index in [4.69, 9.17) is 27.9 Å². The predicted octanol–water partition coefficient (Wildman–Crippen LogP) is 3.75. The van der Waals surface area contributed by atoms with Crippen LogP contribution < -0.4 is 14.6 Å². The lowest BCUT2D eigenvalue weighted by Crippen LogP contribution is -2.33. The van der Waals surface area contributed by atoms with Gasteiger partial charge >= 0.3 is 12.3 Å². The highest BCUT2D eigenvalue weighted by Crippen LogP contribution is 2.30. The van der Waals surface area contributed by atoms with E-state index < -0.39 is 42.2 Å². The first-order valence-electron chi connectivity index (χ1n) is 7.27. The summed E-state index contributed by atoms with van der Waals surface area (Å²) >= 11 is 11.6. The number of pyridine rings is 1. The van der Waals surface area contributed by atoms with Crippen LogP contribution in [0.2, 0.25) is 10.0 Å². The molecule has 0 spiro atoms. The molecule has 2 aromatic rings. The van der Waals surface area contributed by atoms with Crippen LogP contribution >= 0.6 is 23.2 Å². The van der Waals surface area contributed by atoms with E-state index in [-0.39, 0.29) is 28.0 Å². The van der Waals surface area contributed by atoms with Gasteiger partial charge in [0.15, 0.2) is 6.61 Å². The Morgan fingerprint density at radius 1 is 1.18 bits per heavy atom. The van der Waals surface area contributed by atoms with Crippen LogP contribution in [-0.4, -0.2) is 29.9 Å². The number of nitrogens with zero attached hydrogens (tertiary/aromatic N) is 1. The van der Waals surface area contributed by atoms with Gasteiger partial charge in [0.1, 0.15) is 23.2 Å². The molecule has 0 N–H and O–H groups in total. The maximum Gasteiger partial charge on any atom is 0.340 e. The lowest BCUT2D eigenvalue weighted by molar-refractivity contribution is -0.255. The van der Waals surface area contributed by atoms with Gasteiger partial charge in [-0.2, -0.15) is 8.78 Å². The number of benzene rings is 1. The summed E-state index contributed by atoms with van der Waals surface area (Å²) in [4.78, 5) is 14.3. The normalized spacial score (nSPS) is 11.6. The van der Waals surface area contributed by atoms with E-state index in [1.165, 1.54) is 0 Å². The lowest BCUT2D eigenvalue weighted by atomic mass is 10.1. The molecule has 0 aliphatic carbocycles. The van der Waals surface area contributed by atoms with Crippen LogP contribution in [0, 0.1) is 5.82 Å². The molecule has 0 fully saturated rings. The fraction of sp³-hybridized carbons (Fsp3) is 0.250. The number of carbonyl (C=O) groups excluding carboxylic acids is 1. The Morgan fingerprint density at radius 2 is 1.86 bits per heavy atom. The molecule has 1 heterocycles. The van der Waals surface area contributed by atoms with E-state index in [1.807, 2.05) is 0 Å². The predicted molar refractivity (Wildman–Crippen MR) is 85.8 cm³/mol. The third kappa shape index (κ3) is 5.35. The summed E-state index contributed by atoms with van der Waals surface area (Å²) in [7, 11) is 0. The zero-order chi connectivity index (χ0) is 21.1. The molecular weight excluding hydrogens is 436 g/mol. The number of aromatic carboxylic acids is 1. The van der Waals surface area contributed by atoms with Gasteiger partial charge in [-0.1, -0.05) is 23.2 Å². The highest BCUT2D eigenvalue weighted by atomic mass is 35.5. The van der Waals surface area contributed by atoms with Crippen molar-refractivity contribution in [3.05, 3.63) is 51.4 Å². The number of halogens is 7. The number of ether oxygens (including phenoxy) is 2. The standard InChI is InChI=1S/C16H10Cl2F5NO4/c17-10-3-9(14(25)26)12(19)1-7(10)5-27-8-2-11(18)13(24-4-8)28-6-16(22,23)15(20)21/h1-4,15H,5-6H2,(H,25,26)/p-1. The first-order chi connectivity index (χ1) is 13.0. The molecule has 2 rings (SSSR count). The van der Waals surface area contributed by atoms with Crippen LogP contribution in [0.3, 0.4) is 0 Å². The highest BCUT2D eigenvalue weighted by Gasteiger charge is 2.42. The molecule has 0 radical (unpaired) electrons. The Balaban J connectivity index is 2.05. The summed E-state index contributed by atoms with van der Waals surface area (Å²) < 4.78 is 73.3. The van der Waals surface area contributed by atoms with Crippen molar-refractivity contribution in [1.82, 2.24) is 4.98 Å². The summed E-state index contributed by atoms with van der Waals surface area (Å²) in [5.74, 6) is -7.72. The molecule has 1 aromatic heterocycles. The van der Waals surface area contributed by atoms with Crippen LogP contribution in [0.15, 0.2) is 24.4 Å². The molecule has 0 saturated heterocycles. The van der Waals surface area contributed by atoms with E-state index in [0.717, 1.165) is 24.4 Å². The second-order valence-corrected chi connectivity index (χ2v) is 6.12. The van der Waals surface area contributed by atoms with Gasteiger partial charge in [-0.3, -0.25) is 0 Å². The third-order valence-corrected chi connectivity index (χ3v) is 3.88. The van der Waals surface area contributed by atoms with Crippen LogP contribution in [0.4, 0.5) is 22.0 Å². The molecule has 0 amide bonds. The zero-order valence-electron chi connectivity index (χ0n) is 13.5. The molecule has 0 bridgehead atoms.